The van der Waals surface area contributed by atoms with Gasteiger partial charge in [0.1, 0.15) is 17.3 Å². The molecule has 1 unspecified atom stereocenters. The summed E-state index contributed by atoms with van der Waals surface area (Å²) in [4.78, 5) is 28.1. The summed E-state index contributed by atoms with van der Waals surface area (Å²) in [6.45, 7) is 6.85. The molecule has 192 valence electrons. The number of phenolic OH excluding ortho intramolecular Hbond substituents is 1. The molecule has 1 heterocycles. The van der Waals surface area contributed by atoms with E-state index in [0.29, 0.717) is 53.9 Å². The summed E-state index contributed by atoms with van der Waals surface area (Å²) in [6, 6.07) is 16.8. The van der Waals surface area contributed by atoms with Gasteiger partial charge in [-0.2, -0.15) is 0 Å². The van der Waals surface area contributed by atoms with Crippen LogP contribution in [-0.4, -0.2) is 41.7 Å². The molecule has 1 fully saturated rings. The van der Waals surface area contributed by atoms with Crippen molar-refractivity contribution in [2.75, 3.05) is 24.7 Å². The SMILES string of the molecule is CCOc1ccc(/C(O)=C2\C(=O)C(=O)N(c3ccc(OCC)c(OCC)c3)C2c2ccc(O)cc2)cc1. The zero-order valence-electron chi connectivity index (χ0n) is 20.9. The van der Waals surface area contributed by atoms with Crippen molar-refractivity contribution < 1.29 is 34.0 Å². The third-order valence-corrected chi connectivity index (χ3v) is 5.90. The van der Waals surface area contributed by atoms with Crippen molar-refractivity contribution in [3.63, 3.8) is 0 Å². The molecule has 0 spiro atoms. The molecule has 0 aliphatic carbocycles. The molecule has 3 aromatic carbocycles. The number of Topliss-reactive ketones (excluding diaryl/α,β-unsaturated/α-hetero) is 1. The maximum atomic E-state index is 13.4. The molecule has 2 N–H and O–H groups in total. The van der Waals surface area contributed by atoms with Crippen LogP contribution in [0.2, 0.25) is 0 Å². The van der Waals surface area contributed by atoms with Gasteiger partial charge in [-0.25, -0.2) is 0 Å². The fourth-order valence-electron chi connectivity index (χ4n) is 4.29. The predicted octanol–water partition coefficient (Wildman–Crippen LogP) is 5.21. The topological polar surface area (TPSA) is 106 Å². The van der Waals surface area contributed by atoms with Gasteiger partial charge < -0.3 is 24.4 Å². The number of carbonyl (C=O) groups excluding carboxylic acids is 2. The predicted molar refractivity (Wildman–Crippen MR) is 139 cm³/mol. The molecule has 3 aromatic rings. The zero-order valence-corrected chi connectivity index (χ0v) is 20.9. The van der Waals surface area contributed by atoms with Crippen molar-refractivity contribution in [3.05, 3.63) is 83.4 Å². The minimum Gasteiger partial charge on any atom is -0.508 e. The highest BCUT2D eigenvalue weighted by Gasteiger charge is 2.47. The van der Waals surface area contributed by atoms with Crippen LogP contribution in [0.15, 0.2) is 72.3 Å². The molecule has 8 nitrogen and oxygen atoms in total. The highest BCUT2D eigenvalue weighted by molar-refractivity contribution is 6.51. The van der Waals surface area contributed by atoms with Crippen LogP contribution >= 0.6 is 0 Å². The molecule has 0 radical (unpaired) electrons. The second-order valence-electron chi connectivity index (χ2n) is 8.22. The summed E-state index contributed by atoms with van der Waals surface area (Å²) in [5.41, 5.74) is 1.24. The summed E-state index contributed by atoms with van der Waals surface area (Å²) in [7, 11) is 0. The van der Waals surface area contributed by atoms with Crippen LogP contribution in [0.1, 0.15) is 37.9 Å². The van der Waals surface area contributed by atoms with Crippen molar-refractivity contribution in [3.8, 4) is 23.0 Å². The Bertz CT molecular complexity index is 1310. The largest absolute Gasteiger partial charge is 0.508 e. The maximum Gasteiger partial charge on any atom is 0.300 e. The lowest BCUT2D eigenvalue weighted by molar-refractivity contribution is -0.132. The number of aromatic hydroxyl groups is 1. The second kappa shape index (κ2) is 11.1. The van der Waals surface area contributed by atoms with Crippen molar-refractivity contribution in [1.82, 2.24) is 0 Å². The molecule has 8 heteroatoms. The maximum absolute atomic E-state index is 13.4. The first kappa shape index (κ1) is 25.6. The van der Waals surface area contributed by atoms with Crippen LogP contribution < -0.4 is 19.1 Å². The molecule has 1 aliphatic rings. The van der Waals surface area contributed by atoms with Gasteiger partial charge >= 0.3 is 0 Å². The number of benzene rings is 3. The van der Waals surface area contributed by atoms with Crippen LogP contribution in [0.5, 0.6) is 23.0 Å². The Hall–Kier alpha value is -4.46. The van der Waals surface area contributed by atoms with Crippen LogP contribution in [0.4, 0.5) is 5.69 Å². The van der Waals surface area contributed by atoms with E-state index in [4.69, 9.17) is 14.2 Å². The van der Waals surface area contributed by atoms with Gasteiger partial charge in [0.05, 0.1) is 31.4 Å². The summed E-state index contributed by atoms with van der Waals surface area (Å²) < 4.78 is 16.8. The summed E-state index contributed by atoms with van der Waals surface area (Å²) in [5, 5.41) is 21.1. The normalized spacial score (nSPS) is 16.6. The highest BCUT2D eigenvalue weighted by Crippen LogP contribution is 2.44. The van der Waals surface area contributed by atoms with Gasteiger partial charge in [0, 0.05) is 17.3 Å². The fraction of sp³-hybridized carbons (Fsp3) is 0.241. The number of carbonyl (C=O) groups is 2. The van der Waals surface area contributed by atoms with E-state index >= 15 is 0 Å². The molecular weight excluding hydrogens is 474 g/mol. The van der Waals surface area contributed by atoms with Crippen LogP contribution in [0.3, 0.4) is 0 Å². The molecule has 1 aliphatic heterocycles. The standard InChI is InChI=1S/C29H29NO7/c1-4-35-22-14-9-19(10-15-22)27(32)25-26(18-7-12-21(31)13-8-18)30(29(34)28(25)33)20-11-16-23(36-5-2)24(17-20)37-6-3/h7-17,26,31-32H,4-6H2,1-3H3/b27-25+. The van der Waals surface area contributed by atoms with Crippen molar-refractivity contribution >= 4 is 23.1 Å². The van der Waals surface area contributed by atoms with E-state index in [9.17, 15) is 19.8 Å². The number of nitrogens with zero attached hydrogens (tertiary/aromatic N) is 1. The van der Waals surface area contributed by atoms with Gasteiger partial charge in [0.2, 0.25) is 0 Å². The van der Waals surface area contributed by atoms with E-state index in [-0.39, 0.29) is 17.1 Å². The van der Waals surface area contributed by atoms with Crippen LogP contribution in [-0.2, 0) is 9.59 Å². The van der Waals surface area contributed by atoms with E-state index in [1.807, 2.05) is 20.8 Å². The number of ketones is 1. The number of anilines is 1. The number of aliphatic hydroxyl groups is 1. The second-order valence-corrected chi connectivity index (χ2v) is 8.22. The number of aliphatic hydroxyl groups excluding tert-OH is 1. The van der Waals surface area contributed by atoms with Gasteiger partial charge in [0.15, 0.2) is 11.5 Å². The van der Waals surface area contributed by atoms with Gasteiger partial charge in [-0.1, -0.05) is 12.1 Å². The van der Waals surface area contributed by atoms with Gasteiger partial charge in [-0.05, 0) is 74.9 Å². The number of hydrogen-bond acceptors (Lipinski definition) is 7. The Labute approximate surface area is 215 Å². The lowest BCUT2D eigenvalue weighted by Crippen LogP contribution is -2.29. The van der Waals surface area contributed by atoms with Gasteiger partial charge in [0.25, 0.3) is 11.7 Å². The van der Waals surface area contributed by atoms with Crippen LogP contribution in [0, 0.1) is 0 Å². The first-order chi connectivity index (χ1) is 17.9. The third-order valence-electron chi connectivity index (χ3n) is 5.90. The van der Waals surface area contributed by atoms with Crippen LogP contribution in [0.25, 0.3) is 5.76 Å². The Balaban J connectivity index is 1.88. The highest BCUT2D eigenvalue weighted by atomic mass is 16.5. The lowest BCUT2D eigenvalue weighted by Gasteiger charge is -2.26. The molecule has 0 bridgehead atoms. The van der Waals surface area contributed by atoms with E-state index in [2.05, 4.69) is 0 Å². The Kier molecular flexibility index (Phi) is 7.67. The number of ether oxygens (including phenoxy) is 3. The first-order valence-corrected chi connectivity index (χ1v) is 12.1. The Morgan fingerprint density at radius 1 is 0.811 bits per heavy atom. The van der Waals surface area contributed by atoms with Gasteiger partial charge in [-0.3, -0.25) is 14.5 Å². The smallest absolute Gasteiger partial charge is 0.300 e. The molecule has 1 amide bonds. The molecule has 0 saturated carbocycles. The summed E-state index contributed by atoms with van der Waals surface area (Å²) in [6.07, 6.45) is 0. The zero-order chi connectivity index (χ0) is 26.5. The van der Waals surface area contributed by atoms with E-state index < -0.39 is 17.7 Å². The number of phenols is 1. The first-order valence-electron chi connectivity index (χ1n) is 12.1. The number of hydrogen-bond donors (Lipinski definition) is 2. The molecular formula is C29H29NO7. The quantitative estimate of drug-likeness (QED) is 0.234. The average molecular weight is 504 g/mol. The molecule has 1 saturated heterocycles. The Morgan fingerprint density at radius 2 is 1.43 bits per heavy atom. The van der Waals surface area contributed by atoms with E-state index in [0.717, 1.165) is 0 Å². The lowest BCUT2D eigenvalue weighted by atomic mass is 9.95. The van der Waals surface area contributed by atoms with Crippen molar-refractivity contribution in [2.45, 2.75) is 26.8 Å². The number of rotatable bonds is 9. The van der Waals surface area contributed by atoms with E-state index in [1.165, 1.54) is 17.0 Å². The number of amides is 1. The van der Waals surface area contributed by atoms with Crippen molar-refractivity contribution in [1.29, 1.82) is 0 Å². The third kappa shape index (κ3) is 5.09. The minimum atomic E-state index is -0.945. The summed E-state index contributed by atoms with van der Waals surface area (Å²) in [5.74, 6) is -0.328. The summed E-state index contributed by atoms with van der Waals surface area (Å²) >= 11 is 0. The Morgan fingerprint density at radius 3 is 2.05 bits per heavy atom. The van der Waals surface area contributed by atoms with Gasteiger partial charge in [-0.15, -0.1) is 0 Å². The van der Waals surface area contributed by atoms with Crippen molar-refractivity contribution in [2.24, 2.45) is 0 Å². The molecule has 0 aromatic heterocycles. The fourth-order valence-corrected chi connectivity index (χ4v) is 4.29. The molecule has 4 rings (SSSR count). The average Bonchev–Trinajstić information content (AvgIpc) is 3.16. The minimum absolute atomic E-state index is 0.0342. The monoisotopic (exact) mass is 503 g/mol. The molecule has 1 atom stereocenters. The van der Waals surface area contributed by atoms with E-state index in [1.54, 1.807) is 54.6 Å². The molecule has 37 heavy (non-hydrogen) atoms.